The van der Waals surface area contributed by atoms with Crippen molar-refractivity contribution < 1.29 is 27.8 Å². The molecule has 1 amide bonds. The lowest BCUT2D eigenvalue weighted by molar-refractivity contribution is -0.137. The number of ether oxygens (including phenoxy) is 1. The Kier molecular flexibility index (Phi) is 4.80. The van der Waals surface area contributed by atoms with Gasteiger partial charge in [-0.15, -0.1) is 0 Å². The van der Waals surface area contributed by atoms with Gasteiger partial charge < -0.3 is 14.7 Å². The lowest BCUT2D eigenvalue weighted by Crippen LogP contribution is -2.50. The topological polar surface area (TPSA) is 53.0 Å². The fourth-order valence-corrected chi connectivity index (χ4v) is 6.05. The number of piperidine rings is 2. The maximum atomic E-state index is 13.9. The zero-order valence-corrected chi connectivity index (χ0v) is 17.2. The fourth-order valence-electron chi connectivity index (χ4n) is 6.05. The van der Waals surface area contributed by atoms with Gasteiger partial charge in [0.15, 0.2) is 0 Å². The van der Waals surface area contributed by atoms with Crippen LogP contribution in [-0.2, 0) is 6.18 Å². The zero-order chi connectivity index (χ0) is 21.9. The van der Waals surface area contributed by atoms with E-state index in [2.05, 4.69) is 4.90 Å². The lowest BCUT2D eigenvalue weighted by Gasteiger charge is -2.41. The molecule has 4 aliphatic rings. The molecule has 0 saturated carbocycles. The zero-order valence-electron chi connectivity index (χ0n) is 17.2. The van der Waals surface area contributed by atoms with Crippen LogP contribution in [-0.4, -0.2) is 59.8 Å². The predicted octanol–water partition coefficient (Wildman–Crippen LogP) is 4.50. The number of hydrogen-bond acceptors (Lipinski definition) is 3. The third kappa shape index (κ3) is 3.32. The Morgan fingerprint density at radius 3 is 2.74 bits per heavy atom. The third-order valence-corrected chi connectivity index (χ3v) is 7.32. The Labute approximate surface area is 178 Å². The van der Waals surface area contributed by atoms with Crippen molar-refractivity contribution in [2.45, 2.75) is 37.5 Å². The minimum Gasteiger partial charge on any atom is -0.497 e. The number of benzene rings is 1. The van der Waals surface area contributed by atoms with E-state index in [1.807, 2.05) is 12.2 Å². The molecule has 0 bridgehead atoms. The first-order valence-electron chi connectivity index (χ1n) is 10.7. The van der Waals surface area contributed by atoms with Crippen molar-refractivity contribution in [2.75, 3.05) is 26.7 Å². The van der Waals surface area contributed by atoms with E-state index in [9.17, 15) is 23.1 Å². The molecule has 31 heavy (non-hydrogen) atoms. The van der Waals surface area contributed by atoms with Gasteiger partial charge >= 0.3 is 12.3 Å². The molecule has 1 aromatic carbocycles. The highest BCUT2D eigenvalue weighted by Gasteiger charge is 2.52. The summed E-state index contributed by atoms with van der Waals surface area (Å²) in [5.41, 5.74) is 1.14. The molecule has 3 saturated heterocycles. The van der Waals surface area contributed by atoms with Gasteiger partial charge in [-0.05, 0) is 60.6 Å². The van der Waals surface area contributed by atoms with Crippen molar-refractivity contribution in [2.24, 2.45) is 11.8 Å². The first kappa shape index (κ1) is 20.4. The van der Waals surface area contributed by atoms with Gasteiger partial charge in [0.1, 0.15) is 5.75 Å². The summed E-state index contributed by atoms with van der Waals surface area (Å²) < 4.78 is 46.6. The summed E-state index contributed by atoms with van der Waals surface area (Å²) in [6, 6.07) is 4.54. The molecule has 4 atom stereocenters. The van der Waals surface area contributed by atoms with Crippen LogP contribution in [0.4, 0.5) is 18.0 Å². The number of rotatable bonds is 2. The quantitative estimate of drug-likeness (QED) is 0.745. The molecule has 5 rings (SSSR count). The highest BCUT2D eigenvalue weighted by atomic mass is 19.4. The van der Waals surface area contributed by atoms with Crippen LogP contribution in [0.1, 0.15) is 30.4 Å². The van der Waals surface area contributed by atoms with E-state index in [4.69, 9.17) is 4.74 Å². The molecule has 2 unspecified atom stereocenters. The van der Waals surface area contributed by atoms with Gasteiger partial charge in [-0.3, -0.25) is 4.90 Å². The van der Waals surface area contributed by atoms with Crippen LogP contribution >= 0.6 is 0 Å². The molecule has 0 spiro atoms. The van der Waals surface area contributed by atoms with Crippen LogP contribution < -0.4 is 4.74 Å². The predicted molar refractivity (Wildman–Crippen MR) is 109 cm³/mol. The Hall–Kier alpha value is -2.48. The number of amides is 1. The Morgan fingerprint density at radius 2 is 2.03 bits per heavy atom. The average molecular weight is 434 g/mol. The van der Waals surface area contributed by atoms with E-state index in [1.54, 1.807) is 6.07 Å². The number of likely N-dealkylation sites (tertiary alicyclic amines) is 1. The molecule has 8 heteroatoms. The van der Waals surface area contributed by atoms with Crippen molar-refractivity contribution in [1.29, 1.82) is 0 Å². The highest BCUT2D eigenvalue weighted by molar-refractivity contribution is 5.80. The molecule has 1 aliphatic carbocycles. The van der Waals surface area contributed by atoms with E-state index in [1.165, 1.54) is 18.1 Å². The number of methoxy groups -OCH3 is 1. The SMILES string of the molecule is COc1ccc(C2=CC3CCCN4C3C(=C2)[C@@H]2CN(C(=O)O)CC[C@@H]24)c(C(F)(F)F)c1. The van der Waals surface area contributed by atoms with Gasteiger partial charge in [0.2, 0.25) is 0 Å². The first-order chi connectivity index (χ1) is 14.8. The second-order valence-electron chi connectivity index (χ2n) is 8.86. The van der Waals surface area contributed by atoms with E-state index in [-0.39, 0.29) is 35.2 Å². The number of alkyl halides is 3. The van der Waals surface area contributed by atoms with Crippen molar-refractivity contribution in [3.8, 4) is 5.75 Å². The molecule has 5 nitrogen and oxygen atoms in total. The second kappa shape index (κ2) is 7.29. The summed E-state index contributed by atoms with van der Waals surface area (Å²) in [4.78, 5) is 15.5. The summed E-state index contributed by atoms with van der Waals surface area (Å²) in [6.07, 6.45) is 1.18. The molecular formula is C23H25F3N2O3. The Bertz CT molecular complexity index is 971. The normalized spacial score (nSPS) is 30.3. The molecule has 166 valence electrons. The van der Waals surface area contributed by atoms with Crippen LogP contribution in [0.15, 0.2) is 35.9 Å². The molecule has 1 aromatic rings. The number of hydrogen-bond donors (Lipinski definition) is 1. The summed E-state index contributed by atoms with van der Waals surface area (Å²) in [5.74, 6) is 0.356. The van der Waals surface area contributed by atoms with E-state index in [0.717, 1.165) is 37.4 Å². The fraction of sp³-hybridized carbons (Fsp3) is 0.522. The molecule has 1 N–H and O–H groups in total. The van der Waals surface area contributed by atoms with Crippen molar-refractivity contribution in [1.82, 2.24) is 9.80 Å². The van der Waals surface area contributed by atoms with Gasteiger partial charge in [-0.2, -0.15) is 13.2 Å². The second-order valence-corrected chi connectivity index (χ2v) is 8.86. The monoisotopic (exact) mass is 434 g/mol. The first-order valence-corrected chi connectivity index (χ1v) is 10.7. The number of allylic oxidation sites excluding steroid dienone is 2. The maximum absolute atomic E-state index is 13.9. The maximum Gasteiger partial charge on any atom is 0.417 e. The van der Waals surface area contributed by atoms with Crippen LogP contribution in [0.5, 0.6) is 5.75 Å². The summed E-state index contributed by atoms with van der Waals surface area (Å²) >= 11 is 0. The van der Waals surface area contributed by atoms with Crippen molar-refractivity contribution in [3.05, 3.63) is 47.1 Å². The van der Waals surface area contributed by atoms with Crippen LogP contribution in [0.2, 0.25) is 0 Å². The van der Waals surface area contributed by atoms with Gasteiger partial charge in [0.05, 0.1) is 12.7 Å². The number of carboxylic acid groups (broad SMARTS) is 1. The van der Waals surface area contributed by atoms with E-state index < -0.39 is 17.8 Å². The third-order valence-electron chi connectivity index (χ3n) is 7.32. The van der Waals surface area contributed by atoms with E-state index >= 15 is 0 Å². The van der Waals surface area contributed by atoms with Crippen molar-refractivity contribution in [3.63, 3.8) is 0 Å². The molecular weight excluding hydrogens is 409 g/mol. The van der Waals surface area contributed by atoms with Gasteiger partial charge in [-0.1, -0.05) is 18.2 Å². The lowest BCUT2D eigenvalue weighted by atomic mass is 9.76. The standard InChI is InChI=1S/C23H25F3N2O3/c1-31-15-4-5-16(19(11-15)23(24,25)26)14-9-13-3-2-7-28-20-6-8-27(22(29)30)12-18(20)17(10-14)21(13)28/h4-5,9-11,13,18,20-21H,2-3,6-8,12H2,1H3,(H,29,30)/t13?,18-,20-,21?/m0/s1. The van der Waals surface area contributed by atoms with E-state index in [0.29, 0.717) is 18.7 Å². The van der Waals surface area contributed by atoms with Crippen LogP contribution in [0, 0.1) is 11.8 Å². The van der Waals surface area contributed by atoms with Crippen LogP contribution in [0.3, 0.4) is 0 Å². The van der Waals surface area contributed by atoms with Crippen LogP contribution in [0.25, 0.3) is 5.57 Å². The van der Waals surface area contributed by atoms with Crippen molar-refractivity contribution >= 4 is 11.7 Å². The summed E-state index contributed by atoms with van der Waals surface area (Å²) in [6.45, 7) is 1.88. The number of fused-ring (bicyclic) bond motifs is 3. The summed E-state index contributed by atoms with van der Waals surface area (Å²) in [7, 11) is 1.36. The summed E-state index contributed by atoms with van der Waals surface area (Å²) in [5, 5.41) is 9.49. The Balaban J connectivity index is 1.59. The molecule has 3 fully saturated rings. The largest absolute Gasteiger partial charge is 0.497 e. The average Bonchev–Trinajstić information content (AvgIpc) is 3.07. The molecule has 0 radical (unpaired) electrons. The van der Waals surface area contributed by atoms with Gasteiger partial charge in [0.25, 0.3) is 0 Å². The Morgan fingerprint density at radius 1 is 1.23 bits per heavy atom. The number of halogens is 3. The number of nitrogens with zero attached hydrogens (tertiary/aromatic N) is 2. The molecule has 0 aromatic heterocycles. The highest BCUT2D eigenvalue weighted by Crippen LogP contribution is 2.50. The minimum atomic E-state index is -4.50. The smallest absolute Gasteiger partial charge is 0.417 e. The number of carbonyl (C=O) groups is 1. The molecule has 3 aliphatic heterocycles. The van der Waals surface area contributed by atoms with Gasteiger partial charge in [-0.25, -0.2) is 4.79 Å². The minimum absolute atomic E-state index is 0.0340. The van der Waals surface area contributed by atoms with Gasteiger partial charge in [0, 0.05) is 31.1 Å². The molecule has 3 heterocycles.